The summed E-state index contributed by atoms with van der Waals surface area (Å²) in [6, 6.07) is 1.43. The maximum Gasteiger partial charge on any atom is 0.339 e. The summed E-state index contributed by atoms with van der Waals surface area (Å²) in [4.78, 5) is 12.4. The Morgan fingerprint density at radius 1 is 1.08 bits per heavy atom. The van der Waals surface area contributed by atoms with Crippen LogP contribution in [0.4, 0.5) is 0 Å². The van der Waals surface area contributed by atoms with Crippen molar-refractivity contribution < 1.29 is 43.8 Å². The summed E-state index contributed by atoms with van der Waals surface area (Å²) in [6.07, 6.45) is -5.96. The molecule has 3 rings (SSSR count). The fourth-order valence-corrected chi connectivity index (χ4v) is 3.27. The molecule has 2 aliphatic heterocycles. The van der Waals surface area contributed by atoms with E-state index in [0.717, 1.165) is 0 Å². The van der Waals surface area contributed by atoms with E-state index in [9.17, 15) is 20.1 Å². The molecule has 1 fully saturated rings. The van der Waals surface area contributed by atoms with Crippen molar-refractivity contribution in [3.8, 4) is 17.2 Å². The van der Waals surface area contributed by atoms with Gasteiger partial charge in [0.05, 0.1) is 33.5 Å². The third kappa shape index (κ3) is 2.60. The molecular formula is C16H20O9. The van der Waals surface area contributed by atoms with Crippen molar-refractivity contribution >= 4 is 5.97 Å². The highest BCUT2D eigenvalue weighted by molar-refractivity contribution is 5.95. The van der Waals surface area contributed by atoms with E-state index in [1.807, 2.05) is 0 Å². The minimum Gasteiger partial charge on any atom is -0.493 e. The smallest absolute Gasteiger partial charge is 0.339 e. The number of hydrogen-bond acceptors (Lipinski definition) is 9. The van der Waals surface area contributed by atoms with Gasteiger partial charge in [-0.25, -0.2) is 4.79 Å². The normalized spacial score (nSPS) is 30.8. The summed E-state index contributed by atoms with van der Waals surface area (Å²) < 4.78 is 26.9. The molecular weight excluding hydrogens is 336 g/mol. The Bertz CT molecular complexity index is 674. The Labute approximate surface area is 143 Å². The summed E-state index contributed by atoms with van der Waals surface area (Å²) >= 11 is 0. The SMILES string of the molecule is COc1cc2c(c(OC)c1OC)[C@@H]1O[C@H](CO)[C@@H](O)[C@H](O)[C@H]1OC2=O. The van der Waals surface area contributed by atoms with Gasteiger partial charge in [-0.2, -0.15) is 0 Å². The van der Waals surface area contributed by atoms with Gasteiger partial charge in [0.2, 0.25) is 5.75 Å². The number of aliphatic hydroxyl groups is 3. The average Bonchev–Trinajstić information content (AvgIpc) is 2.63. The van der Waals surface area contributed by atoms with Crippen LogP contribution < -0.4 is 14.2 Å². The standard InChI is InChI=1S/C16H20O9/c1-21-7-4-6-9(13(23-3)12(7)22-2)14-15(25-16(6)20)11(19)10(18)8(5-17)24-14/h4,8,10-11,14-15,17-19H,5H2,1-3H3/t8-,10-,11+,14+,15-/m1/s1. The van der Waals surface area contributed by atoms with Gasteiger partial charge in [-0.15, -0.1) is 0 Å². The quantitative estimate of drug-likeness (QED) is 0.607. The highest BCUT2D eigenvalue weighted by Crippen LogP contribution is 2.50. The number of hydrogen-bond donors (Lipinski definition) is 3. The van der Waals surface area contributed by atoms with Crippen molar-refractivity contribution in [1.82, 2.24) is 0 Å². The van der Waals surface area contributed by atoms with Gasteiger partial charge in [0.25, 0.3) is 0 Å². The van der Waals surface area contributed by atoms with E-state index in [1.165, 1.54) is 27.4 Å². The van der Waals surface area contributed by atoms with Gasteiger partial charge in [-0.3, -0.25) is 0 Å². The maximum absolute atomic E-state index is 12.4. The predicted molar refractivity (Wildman–Crippen MR) is 82.0 cm³/mol. The van der Waals surface area contributed by atoms with Crippen LogP contribution in [0, 0.1) is 0 Å². The number of carbonyl (C=O) groups is 1. The molecule has 0 saturated carbocycles. The van der Waals surface area contributed by atoms with Crippen LogP contribution in [-0.2, 0) is 9.47 Å². The Hall–Kier alpha value is -2.07. The van der Waals surface area contributed by atoms with Crippen LogP contribution >= 0.6 is 0 Å². The zero-order valence-electron chi connectivity index (χ0n) is 14.0. The van der Waals surface area contributed by atoms with E-state index in [0.29, 0.717) is 5.56 Å². The van der Waals surface area contributed by atoms with E-state index < -0.39 is 43.1 Å². The van der Waals surface area contributed by atoms with Crippen LogP contribution in [0.15, 0.2) is 6.07 Å². The highest BCUT2D eigenvalue weighted by Gasteiger charge is 2.52. The third-order valence-electron chi connectivity index (χ3n) is 4.48. The van der Waals surface area contributed by atoms with Gasteiger partial charge in [0.1, 0.15) is 24.4 Å². The lowest BCUT2D eigenvalue weighted by molar-refractivity contribution is -0.235. The number of benzene rings is 1. The van der Waals surface area contributed by atoms with Crippen LogP contribution in [0.5, 0.6) is 17.2 Å². The molecule has 2 heterocycles. The van der Waals surface area contributed by atoms with Gasteiger partial charge in [-0.1, -0.05) is 0 Å². The summed E-state index contributed by atoms with van der Waals surface area (Å²) in [5.74, 6) is 0.00198. The zero-order valence-corrected chi connectivity index (χ0v) is 14.0. The maximum atomic E-state index is 12.4. The number of ether oxygens (including phenoxy) is 5. The van der Waals surface area contributed by atoms with Crippen LogP contribution in [0.3, 0.4) is 0 Å². The van der Waals surface area contributed by atoms with Crippen LogP contribution in [0.2, 0.25) is 0 Å². The number of aliphatic hydroxyl groups excluding tert-OH is 3. The fraction of sp³-hybridized carbons (Fsp3) is 0.562. The summed E-state index contributed by atoms with van der Waals surface area (Å²) in [5, 5.41) is 29.7. The van der Waals surface area contributed by atoms with Crippen LogP contribution in [0.25, 0.3) is 0 Å². The van der Waals surface area contributed by atoms with E-state index in [1.54, 1.807) is 0 Å². The van der Waals surface area contributed by atoms with E-state index >= 15 is 0 Å². The molecule has 0 bridgehead atoms. The molecule has 9 heteroatoms. The molecule has 0 amide bonds. The molecule has 5 atom stereocenters. The Balaban J connectivity index is 2.20. The average molecular weight is 356 g/mol. The number of esters is 1. The Morgan fingerprint density at radius 2 is 1.76 bits per heavy atom. The van der Waals surface area contributed by atoms with Gasteiger partial charge in [-0.05, 0) is 6.07 Å². The van der Waals surface area contributed by atoms with E-state index in [4.69, 9.17) is 23.7 Å². The first-order valence-corrected chi connectivity index (χ1v) is 7.64. The third-order valence-corrected chi connectivity index (χ3v) is 4.48. The van der Waals surface area contributed by atoms with Crippen molar-refractivity contribution in [2.45, 2.75) is 30.5 Å². The van der Waals surface area contributed by atoms with E-state index in [-0.39, 0.29) is 22.8 Å². The molecule has 2 aliphatic rings. The monoisotopic (exact) mass is 356 g/mol. The summed E-state index contributed by atoms with van der Waals surface area (Å²) in [6.45, 7) is -0.514. The first-order valence-electron chi connectivity index (χ1n) is 7.64. The molecule has 138 valence electrons. The van der Waals surface area contributed by atoms with Crippen molar-refractivity contribution in [1.29, 1.82) is 0 Å². The van der Waals surface area contributed by atoms with Crippen molar-refractivity contribution in [2.24, 2.45) is 0 Å². The lowest BCUT2D eigenvalue weighted by atomic mass is 9.86. The van der Waals surface area contributed by atoms with Crippen molar-refractivity contribution in [2.75, 3.05) is 27.9 Å². The minimum absolute atomic E-state index is 0.135. The molecule has 3 N–H and O–H groups in total. The van der Waals surface area contributed by atoms with Crippen LogP contribution in [0.1, 0.15) is 22.0 Å². The number of fused-ring (bicyclic) bond motifs is 3. The first-order chi connectivity index (χ1) is 12.0. The minimum atomic E-state index is -1.43. The molecule has 0 spiro atoms. The second-order valence-electron chi connectivity index (χ2n) is 5.74. The zero-order chi connectivity index (χ0) is 18.3. The van der Waals surface area contributed by atoms with Crippen LogP contribution in [-0.4, -0.2) is 73.6 Å². The number of rotatable bonds is 4. The molecule has 0 aliphatic carbocycles. The second kappa shape index (κ2) is 6.68. The van der Waals surface area contributed by atoms with Gasteiger partial charge >= 0.3 is 5.97 Å². The largest absolute Gasteiger partial charge is 0.493 e. The molecule has 9 nitrogen and oxygen atoms in total. The second-order valence-corrected chi connectivity index (χ2v) is 5.74. The van der Waals surface area contributed by atoms with Gasteiger partial charge in [0, 0.05) is 5.56 Å². The molecule has 0 unspecified atom stereocenters. The topological polar surface area (TPSA) is 124 Å². The fourth-order valence-electron chi connectivity index (χ4n) is 3.27. The number of methoxy groups -OCH3 is 3. The molecule has 0 aromatic heterocycles. The summed E-state index contributed by atoms with van der Waals surface area (Å²) in [5.41, 5.74) is 0.446. The van der Waals surface area contributed by atoms with E-state index in [2.05, 4.69) is 0 Å². The Kier molecular flexibility index (Phi) is 4.74. The molecule has 1 aromatic carbocycles. The molecule has 1 saturated heterocycles. The van der Waals surface area contributed by atoms with Gasteiger partial charge < -0.3 is 39.0 Å². The first kappa shape index (κ1) is 17.7. The molecule has 0 radical (unpaired) electrons. The number of carbonyl (C=O) groups excluding carboxylic acids is 1. The van der Waals surface area contributed by atoms with Crippen molar-refractivity contribution in [3.63, 3.8) is 0 Å². The predicted octanol–water partition coefficient (Wildman–Crippen LogP) is -0.595. The molecule has 25 heavy (non-hydrogen) atoms. The van der Waals surface area contributed by atoms with Gasteiger partial charge in [0.15, 0.2) is 17.6 Å². The highest BCUT2D eigenvalue weighted by atomic mass is 16.6. The Morgan fingerprint density at radius 3 is 2.32 bits per heavy atom. The lowest BCUT2D eigenvalue weighted by Gasteiger charge is -2.44. The molecule has 1 aromatic rings. The summed E-state index contributed by atoms with van der Waals surface area (Å²) in [7, 11) is 4.23. The van der Waals surface area contributed by atoms with Crippen molar-refractivity contribution in [3.05, 3.63) is 17.2 Å². The lowest BCUT2D eigenvalue weighted by Crippen LogP contribution is -2.58.